The van der Waals surface area contributed by atoms with Crippen molar-refractivity contribution in [3.05, 3.63) is 83.8 Å². The number of nitrogens with zero attached hydrogens (tertiary/aromatic N) is 2. The maximum atomic E-state index is 11.2. The van der Waals surface area contributed by atoms with Gasteiger partial charge in [0.2, 0.25) is 0 Å². The highest BCUT2D eigenvalue weighted by Crippen LogP contribution is 2.33. The molecule has 3 N–H and O–H groups in total. The first-order chi connectivity index (χ1) is 15.5. The lowest BCUT2D eigenvalue weighted by molar-refractivity contribution is -0.136. The molecular formula is C26H27N3O3. The van der Waals surface area contributed by atoms with Crippen molar-refractivity contribution < 1.29 is 14.6 Å². The van der Waals surface area contributed by atoms with E-state index in [0.717, 1.165) is 33.3 Å². The molecule has 0 amide bonds. The predicted octanol–water partition coefficient (Wildman–Crippen LogP) is 4.95. The summed E-state index contributed by atoms with van der Waals surface area (Å²) in [5, 5.41) is 10.3. The van der Waals surface area contributed by atoms with E-state index in [0.29, 0.717) is 30.5 Å². The Bertz CT molecular complexity index is 1260. The van der Waals surface area contributed by atoms with Crippen molar-refractivity contribution in [2.75, 3.05) is 0 Å². The van der Waals surface area contributed by atoms with E-state index in [1.807, 2.05) is 30.3 Å². The number of fused-ring (bicyclic) bond motifs is 1. The highest BCUT2D eigenvalue weighted by Gasteiger charge is 2.14. The second-order valence-corrected chi connectivity index (χ2v) is 8.10. The Labute approximate surface area is 187 Å². The van der Waals surface area contributed by atoms with Gasteiger partial charge >= 0.3 is 5.97 Å². The smallest absolute Gasteiger partial charge is 0.307 e. The van der Waals surface area contributed by atoms with Crippen LogP contribution in [0.2, 0.25) is 0 Å². The zero-order valence-electron chi connectivity index (χ0n) is 18.3. The number of carbonyl (C=O) groups is 1. The monoisotopic (exact) mass is 429 g/mol. The third-order valence-electron chi connectivity index (χ3n) is 5.50. The van der Waals surface area contributed by atoms with Crippen molar-refractivity contribution in [1.29, 1.82) is 0 Å². The number of carboxylic acids is 1. The molecule has 0 aliphatic heterocycles. The summed E-state index contributed by atoms with van der Waals surface area (Å²) in [5.74, 6) is -0.293. The van der Waals surface area contributed by atoms with Gasteiger partial charge in [-0.25, -0.2) is 0 Å². The Kier molecular flexibility index (Phi) is 6.23. The fourth-order valence-electron chi connectivity index (χ4n) is 3.96. The van der Waals surface area contributed by atoms with E-state index in [9.17, 15) is 9.90 Å². The minimum Gasteiger partial charge on any atom is -0.489 e. The molecule has 0 aliphatic rings. The van der Waals surface area contributed by atoms with E-state index in [1.54, 1.807) is 12.3 Å². The molecule has 4 aromatic rings. The van der Waals surface area contributed by atoms with Crippen LogP contribution in [0.4, 0.5) is 0 Å². The number of rotatable bonds is 8. The summed E-state index contributed by atoms with van der Waals surface area (Å²) in [4.78, 5) is 15.5. The van der Waals surface area contributed by atoms with Crippen LogP contribution in [0.15, 0.2) is 67.0 Å². The third-order valence-corrected chi connectivity index (χ3v) is 5.50. The summed E-state index contributed by atoms with van der Waals surface area (Å²) in [6.07, 6.45) is 3.82. The Hall–Kier alpha value is -3.64. The zero-order chi connectivity index (χ0) is 22.7. The van der Waals surface area contributed by atoms with E-state index in [1.165, 1.54) is 0 Å². The quantitative estimate of drug-likeness (QED) is 0.414. The molecule has 0 fully saturated rings. The first-order valence-corrected chi connectivity index (χ1v) is 10.7. The van der Waals surface area contributed by atoms with Crippen LogP contribution in [-0.4, -0.2) is 20.6 Å². The van der Waals surface area contributed by atoms with Crippen LogP contribution in [0, 0.1) is 0 Å². The number of ether oxygens (including phenoxy) is 1. The van der Waals surface area contributed by atoms with Crippen LogP contribution in [0.25, 0.3) is 22.0 Å². The molecule has 0 bridgehead atoms. The van der Waals surface area contributed by atoms with Gasteiger partial charge in [0.15, 0.2) is 0 Å². The number of para-hydroxylation sites is 1. The zero-order valence-corrected chi connectivity index (χ0v) is 18.3. The maximum Gasteiger partial charge on any atom is 0.307 e. The summed E-state index contributed by atoms with van der Waals surface area (Å²) in [7, 11) is 0. The topological polar surface area (TPSA) is 90.4 Å². The highest BCUT2D eigenvalue weighted by molar-refractivity contribution is 5.96. The number of aliphatic carboxylic acids is 1. The lowest BCUT2D eigenvalue weighted by Crippen LogP contribution is -2.05. The molecular weight excluding hydrogens is 402 g/mol. The second kappa shape index (κ2) is 9.24. The Morgan fingerprint density at radius 1 is 1.16 bits per heavy atom. The van der Waals surface area contributed by atoms with E-state index < -0.39 is 5.97 Å². The maximum absolute atomic E-state index is 11.2. The van der Waals surface area contributed by atoms with Crippen LogP contribution in [0.1, 0.15) is 36.7 Å². The Balaban J connectivity index is 1.75. The van der Waals surface area contributed by atoms with Gasteiger partial charge in [0.1, 0.15) is 12.4 Å². The molecule has 0 radical (unpaired) electrons. The third kappa shape index (κ3) is 4.50. The molecule has 0 saturated heterocycles. The molecule has 4 rings (SSSR count). The summed E-state index contributed by atoms with van der Waals surface area (Å²) in [6, 6.07) is 18.0. The summed E-state index contributed by atoms with van der Waals surface area (Å²) in [5.41, 5.74) is 11.6. The molecule has 32 heavy (non-hydrogen) atoms. The van der Waals surface area contributed by atoms with Crippen LogP contribution in [0.5, 0.6) is 5.75 Å². The van der Waals surface area contributed by atoms with E-state index in [-0.39, 0.29) is 6.42 Å². The molecule has 0 unspecified atom stereocenters. The van der Waals surface area contributed by atoms with Crippen molar-refractivity contribution in [3.8, 4) is 16.9 Å². The summed E-state index contributed by atoms with van der Waals surface area (Å²) in [6.45, 7) is 5.03. The number of nitrogens with two attached hydrogens (primary N) is 1. The van der Waals surface area contributed by atoms with E-state index >= 15 is 0 Å². The minimum atomic E-state index is -0.882. The lowest BCUT2D eigenvalue weighted by atomic mass is 9.99. The average Bonchev–Trinajstić information content (AvgIpc) is 3.22. The van der Waals surface area contributed by atoms with Crippen molar-refractivity contribution in [3.63, 3.8) is 0 Å². The fourth-order valence-corrected chi connectivity index (χ4v) is 3.96. The molecule has 0 saturated carbocycles. The van der Waals surface area contributed by atoms with Crippen LogP contribution >= 0.6 is 0 Å². The predicted molar refractivity (Wildman–Crippen MR) is 126 cm³/mol. The molecule has 2 aromatic carbocycles. The molecule has 0 aliphatic carbocycles. The van der Waals surface area contributed by atoms with Crippen LogP contribution < -0.4 is 10.5 Å². The number of aromatic nitrogens is 2. The first kappa shape index (κ1) is 21.6. The largest absolute Gasteiger partial charge is 0.489 e. The van der Waals surface area contributed by atoms with Gasteiger partial charge in [-0.1, -0.05) is 18.2 Å². The molecule has 164 valence electrons. The van der Waals surface area contributed by atoms with Gasteiger partial charge in [-0.15, -0.1) is 0 Å². The lowest BCUT2D eigenvalue weighted by Gasteiger charge is -2.15. The molecule has 0 spiro atoms. The van der Waals surface area contributed by atoms with Gasteiger partial charge in [-0.05, 0) is 66.9 Å². The number of hydrogen-bond donors (Lipinski definition) is 2. The Morgan fingerprint density at radius 2 is 1.97 bits per heavy atom. The van der Waals surface area contributed by atoms with Gasteiger partial charge in [-0.2, -0.15) is 0 Å². The molecule has 6 nitrogen and oxygen atoms in total. The standard InChI is InChI=1S/C26H27N3O3/c1-17(2)29-10-8-22-23(19-7-9-28-21(13-19)15-27)11-18(12-24(22)29)16-32-25-6-4-3-5-20(25)14-26(30)31/h3-13,17H,14-16,27H2,1-2H3,(H,30,31). The normalized spacial score (nSPS) is 11.2. The van der Waals surface area contributed by atoms with Crippen molar-refractivity contribution in [2.45, 2.75) is 39.5 Å². The van der Waals surface area contributed by atoms with E-state index in [4.69, 9.17) is 10.5 Å². The highest BCUT2D eigenvalue weighted by atomic mass is 16.5. The minimum absolute atomic E-state index is 0.0739. The van der Waals surface area contributed by atoms with Crippen LogP contribution in [0.3, 0.4) is 0 Å². The number of carboxylic acid groups (broad SMARTS) is 1. The Morgan fingerprint density at radius 3 is 2.72 bits per heavy atom. The average molecular weight is 430 g/mol. The SMILES string of the molecule is CC(C)n1ccc2c(-c3ccnc(CN)c3)cc(COc3ccccc3CC(=O)O)cc21. The van der Waals surface area contributed by atoms with Gasteiger partial charge in [0, 0.05) is 41.4 Å². The van der Waals surface area contributed by atoms with Gasteiger partial charge < -0.3 is 20.1 Å². The van der Waals surface area contributed by atoms with Crippen LogP contribution in [-0.2, 0) is 24.4 Å². The molecule has 2 aromatic heterocycles. The molecule has 0 atom stereocenters. The molecule has 2 heterocycles. The van der Waals surface area contributed by atoms with Crippen molar-refractivity contribution in [1.82, 2.24) is 9.55 Å². The summed E-state index contributed by atoms with van der Waals surface area (Å²) < 4.78 is 8.32. The van der Waals surface area contributed by atoms with Gasteiger partial charge in [-0.3, -0.25) is 9.78 Å². The second-order valence-electron chi connectivity index (χ2n) is 8.10. The molecule has 6 heteroatoms. The van der Waals surface area contributed by atoms with Gasteiger partial charge in [0.25, 0.3) is 0 Å². The van der Waals surface area contributed by atoms with Crippen molar-refractivity contribution in [2.24, 2.45) is 5.73 Å². The number of benzene rings is 2. The van der Waals surface area contributed by atoms with E-state index in [2.05, 4.69) is 47.8 Å². The fraction of sp³-hybridized carbons (Fsp3) is 0.231. The number of pyridine rings is 1. The van der Waals surface area contributed by atoms with Crippen molar-refractivity contribution >= 4 is 16.9 Å². The number of hydrogen-bond acceptors (Lipinski definition) is 4. The van der Waals surface area contributed by atoms with Gasteiger partial charge in [0.05, 0.1) is 12.1 Å². The first-order valence-electron chi connectivity index (χ1n) is 10.7. The summed E-state index contributed by atoms with van der Waals surface area (Å²) >= 11 is 0.